The molecule has 1 atom stereocenters. The van der Waals surface area contributed by atoms with Crippen LogP contribution in [0.1, 0.15) is 25.5 Å². The quantitative estimate of drug-likeness (QED) is 0.859. The Kier molecular flexibility index (Phi) is 7.25. The molecule has 0 amide bonds. The number of hydrogen-bond donors (Lipinski definition) is 1. The lowest BCUT2D eigenvalue weighted by Crippen LogP contribution is -2.26. The highest BCUT2D eigenvalue weighted by atomic mass is 35.5. The van der Waals surface area contributed by atoms with Crippen molar-refractivity contribution in [2.75, 3.05) is 26.2 Å². The molecule has 102 valence electrons. The Morgan fingerprint density at radius 1 is 1.44 bits per heavy atom. The van der Waals surface area contributed by atoms with E-state index in [2.05, 4.69) is 34.3 Å². The van der Waals surface area contributed by atoms with E-state index in [0.29, 0.717) is 0 Å². The summed E-state index contributed by atoms with van der Waals surface area (Å²) >= 11 is 0. The number of nitrogens with one attached hydrogen (secondary N) is 1. The van der Waals surface area contributed by atoms with Crippen LogP contribution in [-0.4, -0.2) is 36.1 Å². The molecule has 1 aromatic heterocycles. The normalized spacial score (nSPS) is 18.9. The van der Waals surface area contributed by atoms with Crippen LogP contribution in [-0.2, 0) is 6.54 Å². The van der Waals surface area contributed by atoms with Gasteiger partial charge in [-0.3, -0.25) is 9.88 Å². The van der Waals surface area contributed by atoms with E-state index in [1.165, 1.54) is 38.2 Å². The van der Waals surface area contributed by atoms with Gasteiger partial charge in [-0.25, -0.2) is 0 Å². The first-order valence-electron chi connectivity index (χ1n) is 6.71. The minimum absolute atomic E-state index is 0. The Bertz CT molecular complexity index is 312. The highest BCUT2D eigenvalue weighted by molar-refractivity contribution is 5.85. The SMILES string of the molecule is CCN(CCC1CCNC1)Cc1ccccn1.Cl. The zero-order chi connectivity index (χ0) is 11.9. The van der Waals surface area contributed by atoms with Crippen molar-refractivity contribution in [1.82, 2.24) is 15.2 Å². The summed E-state index contributed by atoms with van der Waals surface area (Å²) in [4.78, 5) is 6.88. The average Bonchev–Trinajstić information content (AvgIpc) is 2.89. The molecule has 1 aliphatic rings. The molecule has 1 fully saturated rings. The third kappa shape index (κ3) is 4.92. The van der Waals surface area contributed by atoms with E-state index in [0.717, 1.165) is 19.0 Å². The predicted molar refractivity (Wildman–Crippen MR) is 78.0 cm³/mol. The number of rotatable bonds is 6. The molecule has 0 spiro atoms. The minimum Gasteiger partial charge on any atom is -0.316 e. The fraction of sp³-hybridized carbons (Fsp3) is 0.643. The van der Waals surface area contributed by atoms with Crippen LogP contribution < -0.4 is 5.32 Å². The molecule has 2 heterocycles. The molecule has 0 aromatic carbocycles. The summed E-state index contributed by atoms with van der Waals surface area (Å²) < 4.78 is 0. The van der Waals surface area contributed by atoms with Gasteiger partial charge in [-0.2, -0.15) is 0 Å². The van der Waals surface area contributed by atoms with Gasteiger partial charge >= 0.3 is 0 Å². The van der Waals surface area contributed by atoms with Crippen molar-refractivity contribution < 1.29 is 0 Å². The van der Waals surface area contributed by atoms with Crippen molar-refractivity contribution in [3.63, 3.8) is 0 Å². The molecular weight excluding hydrogens is 246 g/mol. The number of pyridine rings is 1. The molecule has 0 aliphatic carbocycles. The van der Waals surface area contributed by atoms with Crippen LogP contribution in [0, 0.1) is 5.92 Å². The summed E-state index contributed by atoms with van der Waals surface area (Å²) in [6.45, 7) is 7.93. The second kappa shape index (κ2) is 8.46. The maximum Gasteiger partial charge on any atom is 0.0543 e. The Morgan fingerprint density at radius 3 is 2.94 bits per heavy atom. The number of hydrogen-bond acceptors (Lipinski definition) is 3. The summed E-state index contributed by atoms with van der Waals surface area (Å²) in [6, 6.07) is 6.15. The summed E-state index contributed by atoms with van der Waals surface area (Å²) in [5, 5.41) is 3.43. The van der Waals surface area contributed by atoms with Crippen LogP contribution in [0.5, 0.6) is 0 Å². The van der Waals surface area contributed by atoms with Crippen molar-refractivity contribution >= 4 is 12.4 Å². The van der Waals surface area contributed by atoms with Crippen molar-refractivity contribution in [1.29, 1.82) is 0 Å². The van der Waals surface area contributed by atoms with Crippen LogP contribution in [0.25, 0.3) is 0 Å². The van der Waals surface area contributed by atoms with Crippen LogP contribution in [0.2, 0.25) is 0 Å². The van der Waals surface area contributed by atoms with Crippen molar-refractivity contribution in [2.24, 2.45) is 5.92 Å². The molecular formula is C14H24ClN3. The number of aromatic nitrogens is 1. The number of nitrogens with zero attached hydrogens (tertiary/aromatic N) is 2. The molecule has 2 rings (SSSR count). The maximum absolute atomic E-state index is 4.39. The van der Waals surface area contributed by atoms with Crippen LogP contribution in [0.15, 0.2) is 24.4 Å². The van der Waals surface area contributed by atoms with E-state index in [1.807, 2.05) is 12.3 Å². The monoisotopic (exact) mass is 269 g/mol. The van der Waals surface area contributed by atoms with Crippen molar-refractivity contribution in [3.8, 4) is 0 Å². The van der Waals surface area contributed by atoms with E-state index >= 15 is 0 Å². The molecule has 0 bridgehead atoms. The molecule has 18 heavy (non-hydrogen) atoms. The fourth-order valence-electron chi connectivity index (χ4n) is 2.40. The first kappa shape index (κ1) is 15.4. The molecule has 1 aliphatic heterocycles. The van der Waals surface area contributed by atoms with E-state index in [9.17, 15) is 0 Å². The van der Waals surface area contributed by atoms with Gasteiger partial charge in [0, 0.05) is 12.7 Å². The van der Waals surface area contributed by atoms with Crippen molar-refractivity contribution in [2.45, 2.75) is 26.3 Å². The van der Waals surface area contributed by atoms with Gasteiger partial charge in [0.15, 0.2) is 0 Å². The van der Waals surface area contributed by atoms with E-state index < -0.39 is 0 Å². The van der Waals surface area contributed by atoms with E-state index in [1.54, 1.807) is 0 Å². The smallest absolute Gasteiger partial charge is 0.0543 e. The first-order chi connectivity index (χ1) is 8.38. The molecule has 1 aromatic rings. The van der Waals surface area contributed by atoms with Gasteiger partial charge in [-0.1, -0.05) is 13.0 Å². The largest absolute Gasteiger partial charge is 0.316 e. The van der Waals surface area contributed by atoms with Gasteiger partial charge in [0.1, 0.15) is 0 Å². The Morgan fingerprint density at radius 2 is 2.33 bits per heavy atom. The van der Waals surface area contributed by atoms with Gasteiger partial charge in [-0.05, 0) is 57.1 Å². The molecule has 0 saturated carbocycles. The summed E-state index contributed by atoms with van der Waals surface area (Å²) in [7, 11) is 0. The van der Waals surface area contributed by atoms with Crippen LogP contribution in [0.3, 0.4) is 0 Å². The average molecular weight is 270 g/mol. The maximum atomic E-state index is 4.39. The predicted octanol–water partition coefficient (Wildman–Crippen LogP) is 2.32. The zero-order valence-electron chi connectivity index (χ0n) is 11.1. The molecule has 4 heteroatoms. The Balaban J connectivity index is 0.00000162. The molecule has 1 N–H and O–H groups in total. The highest BCUT2D eigenvalue weighted by Gasteiger charge is 2.15. The zero-order valence-corrected chi connectivity index (χ0v) is 12.0. The molecule has 0 radical (unpaired) electrons. The van der Waals surface area contributed by atoms with E-state index in [-0.39, 0.29) is 12.4 Å². The standard InChI is InChI=1S/C14H23N3.ClH/c1-2-17(10-7-13-6-9-15-11-13)12-14-5-3-4-8-16-14;/h3-5,8,13,15H,2,6-7,9-12H2,1H3;1H. The Hall–Kier alpha value is -0.640. The summed E-state index contributed by atoms with van der Waals surface area (Å²) in [5.74, 6) is 0.882. The minimum atomic E-state index is 0. The lowest BCUT2D eigenvalue weighted by molar-refractivity contribution is 0.256. The Labute approximate surface area is 116 Å². The summed E-state index contributed by atoms with van der Waals surface area (Å²) in [5.41, 5.74) is 1.18. The van der Waals surface area contributed by atoms with Gasteiger partial charge < -0.3 is 5.32 Å². The van der Waals surface area contributed by atoms with Crippen LogP contribution in [0.4, 0.5) is 0 Å². The van der Waals surface area contributed by atoms with Gasteiger partial charge in [0.05, 0.1) is 5.69 Å². The molecule has 1 saturated heterocycles. The lowest BCUT2D eigenvalue weighted by Gasteiger charge is -2.21. The van der Waals surface area contributed by atoms with E-state index in [4.69, 9.17) is 0 Å². The third-order valence-electron chi connectivity index (χ3n) is 3.57. The van der Waals surface area contributed by atoms with Gasteiger partial charge in [0.25, 0.3) is 0 Å². The fourth-order valence-corrected chi connectivity index (χ4v) is 2.40. The molecule has 3 nitrogen and oxygen atoms in total. The van der Waals surface area contributed by atoms with Gasteiger partial charge in [-0.15, -0.1) is 12.4 Å². The summed E-state index contributed by atoms with van der Waals surface area (Å²) in [6.07, 6.45) is 4.54. The highest BCUT2D eigenvalue weighted by Crippen LogP contribution is 2.13. The first-order valence-corrected chi connectivity index (χ1v) is 6.71. The van der Waals surface area contributed by atoms with Crippen molar-refractivity contribution in [3.05, 3.63) is 30.1 Å². The lowest BCUT2D eigenvalue weighted by atomic mass is 10.0. The molecule has 1 unspecified atom stereocenters. The second-order valence-electron chi connectivity index (χ2n) is 4.84. The van der Waals surface area contributed by atoms with Crippen LogP contribution >= 0.6 is 12.4 Å². The second-order valence-corrected chi connectivity index (χ2v) is 4.84. The van der Waals surface area contributed by atoms with Gasteiger partial charge in [0.2, 0.25) is 0 Å². The number of halogens is 1. The third-order valence-corrected chi connectivity index (χ3v) is 3.57. The topological polar surface area (TPSA) is 28.2 Å².